The number of para-hydroxylation sites is 1. The molecule has 3 aromatic rings. The smallest absolute Gasteiger partial charge is 0.195 e. The van der Waals surface area contributed by atoms with Crippen LogP contribution in [0.2, 0.25) is 0 Å². The first kappa shape index (κ1) is 14.7. The summed E-state index contributed by atoms with van der Waals surface area (Å²) in [6.45, 7) is 2.08. The zero-order valence-electron chi connectivity index (χ0n) is 12.6. The largest absolute Gasteiger partial charge is 0.496 e. The lowest BCUT2D eigenvalue weighted by Crippen LogP contribution is -1.96. The molecule has 4 nitrogen and oxygen atoms in total. The number of benzene rings is 2. The van der Waals surface area contributed by atoms with Crippen molar-refractivity contribution in [2.45, 2.75) is 17.8 Å². The van der Waals surface area contributed by atoms with E-state index in [0.29, 0.717) is 0 Å². The van der Waals surface area contributed by atoms with Crippen molar-refractivity contribution >= 4 is 11.8 Å². The molecule has 0 spiro atoms. The average Bonchev–Trinajstić information content (AvgIpc) is 3.02. The second kappa shape index (κ2) is 6.66. The normalized spacial score (nSPS) is 10.6. The molecule has 0 unspecified atom stereocenters. The van der Waals surface area contributed by atoms with Gasteiger partial charge in [0, 0.05) is 17.0 Å². The van der Waals surface area contributed by atoms with Crippen LogP contribution in [0, 0.1) is 6.92 Å². The molecule has 0 aliphatic rings. The minimum atomic E-state index is 0.788. The summed E-state index contributed by atoms with van der Waals surface area (Å²) in [5, 5.41) is 9.12. The van der Waals surface area contributed by atoms with E-state index in [9.17, 15) is 0 Å². The van der Waals surface area contributed by atoms with Gasteiger partial charge in [0.25, 0.3) is 0 Å². The van der Waals surface area contributed by atoms with Crippen LogP contribution in [-0.2, 0) is 5.75 Å². The first-order valence-electron chi connectivity index (χ1n) is 6.99. The van der Waals surface area contributed by atoms with E-state index in [1.807, 2.05) is 41.0 Å². The molecule has 0 bridgehead atoms. The highest BCUT2D eigenvalue weighted by molar-refractivity contribution is 7.98. The van der Waals surface area contributed by atoms with E-state index in [0.717, 1.165) is 27.9 Å². The predicted octanol–water partition coefficient (Wildman–Crippen LogP) is 3.88. The summed E-state index contributed by atoms with van der Waals surface area (Å²) >= 11 is 1.65. The zero-order chi connectivity index (χ0) is 15.4. The number of aromatic nitrogens is 3. The van der Waals surface area contributed by atoms with Crippen molar-refractivity contribution in [3.8, 4) is 11.4 Å². The third kappa shape index (κ3) is 3.14. The molecule has 112 valence electrons. The van der Waals surface area contributed by atoms with Gasteiger partial charge in [-0.2, -0.15) is 0 Å². The minimum absolute atomic E-state index is 0.788. The van der Waals surface area contributed by atoms with Gasteiger partial charge in [-0.25, -0.2) is 0 Å². The Balaban J connectivity index is 1.81. The summed E-state index contributed by atoms with van der Waals surface area (Å²) in [5.41, 5.74) is 3.45. The number of rotatable bonds is 5. The van der Waals surface area contributed by atoms with Crippen molar-refractivity contribution in [2.24, 2.45) is 0 Å². The first-order chi connectivity index (χ1) is 10.8. The van der Waals surface area contributed by atoms with Crippen molar-refractivity contribution in [1.29, 1.82) is 0 Å². The van der Waals surface area contributed by atoms with E-state index in [1.165, 1.54) is 5.56 Å². The molecular formula is C17H17N3OS. The van der Waals surface area contributed by atoms with Crippen molar-refractivity contribution in [1.82, 2.24) is 14.8 Å². The minimum Gasteiger partial charge on any atom is -0.496 e. The number of methoxy groups -OCH3 is 1. The van der Waals surface area contributed by atoms with Gasteiger partial charge in [0.2, 0.25) is 0 Å². The van der Waals surface area contributed by atoms with Gasteiger partial charge in [0.1, 0.15) is 12.1 Å². The number of hydrogen-bond acceptors (Lipinski definition) is 4. The fourth-order valence-corrected chi connectivity index (χ4v) is 3.16. The number of hydrogen-bond donors (Lipinski definition) is 0. The summed E-state index contributed by atoms with van der Waals surface area (Å²) in [4.78, 5) is 0. The molecule has 22 heavy (non-hydrogen) atoms. The molecule has 1 aromatic heterocycles. The Morgan fingerprint density at radius 3 is 2.73 bits per heavy atom. The van der Waals surface area contributed by atoms with Crippen LogP contribution in [0.25, 0.3) is 5.69 Å². The van der Waals surface area contributed by atoms with E-state index in [2.05, 4.69) is 29.3 Å². The van der Waals surface area contributed by atoms with Crippen molar-refractivity contribution in [3.05, 3.63) is 66.0 Å². The molecule has 0 aliphatic carbocycles. The summed E-state index contributed by atoms with van der Waals surface area (Å²) in [5.74, 6) is 1.69. The van der Waals surface area contributed by atoms with Crippen LogP contribution < -0.4 is 4.74 Å². The van der Waals surface area contributed by atoms with Gasteiger partial charge < -0.3 is 4.74 Å². The maximum atomic E-state index is 5.43. The molecule has 0 aliphatic heterocycles. The SMILES string of the molecule is COc1ccc(C)cc1CSc1nncn1-c1ccccc1. The fourth-order valence-electron chi connectivity index (χ4n) is 2.25. The standard InChI is InChI=1S/C17H17N3OS/c1-13-8-9-16(21-2)14(10-13)11-22-17-19-18-12-20(17)15-6-4-3-5-7-15/h3-10,12H,11H2,1-2H3. The maximum Gasteiger partial charge on any atom is 0.195 e. The van der Waals surface area contributed by atoms with Crippen LogP contribution in [0.15, 0.2) is 60.0 Å². The van der Waals surface area contributed by atoms with E-state index in [4.69, 9.17) is 4.74 Å². The zero-order valence-corrected chi connectivity index (χ0v) is 13.4. The predicted molar refractivity (Wildman–Crippen MR) is 88.7 cm³/mol. The number of nitrogens with zero attached hydrogens (tertiary/aromatic N) is 3. The van der Waals surface area contributed by atoms with Crippen molar-refractivity contribution in [3.63, 3.8) is 0 Å². The van der Waals surface area contributed by atoms with Crippen molar-refractivity contribution in [2.75, 3.05) is 7.11 Å². The number of aryl methyl sites for hydroxylation is 1. The van der Waals surface area contributed by atoms with Gasteiger partial charge in [-0.05, 0) is 25.1 Å². The van der Waals surface area contributed by atoms with Gasteiger partial charge >= 0.3 is 0 Å². The molecule has 0 radical (unpaired) electrons. The lowest BCUT2D eigenvalue weighted by molar-refractivity contribution is 0.411. The highest BCUT2D eigenvalue weighted by Crippen LogP contribution is 2.28. The van der Waals surface area contributed by atoms with Crippen LogP contribution in [0.1, 0.15) is 11.1 Å². The third-order valence-corrected chi connectivity index (χ3v) is 4.34. The van der Waals surface area contributed by atoms with E-state index in [-0.39, 0.29) is 0 Å². The lowest BCUT2D eigenvalue weighted by atomic mass is 10.1. The second-order valence-corrected chi connectivity index (χ2v) is 5.87. The van der Waals surface area contributed by atoms with E-state index in [1.54, 1.807) is 25.2 Å². The van der Waals surface area contributed by atoms with Crippen LogP contribution in [0.5, 0.6) is 5.75 Å². The Labute approximate surface area is 134 Å². The molecule has 0 N–H and O–H groups in total. The van der Waals surface area contributed by atoms with Gasteiger partial charge in [-0.3, -0.25) is 4.57 Å². The molecule has 5 heteroatoms. The summed E-state index contributed by atoms with van der Waals surface area (Å²) < 4.78 is 7.42. The quantitative estimate of drug-likeness (QED) is 0.671. The average molecular weight is 311 g/mol. The van der Waals surface area contributed by atoms with Crippen LogP contribution >= 0.6 is 11.8 Å². The Kier molecular flexibility index (Phi) is 4.44. The molecule has 2 aromatic carbocycles. The van der Waals surface area contributed by atoms with Gasteiger partial charge in [0.15, 0.2) is 5.16 Å². The van der Waals surface area contributed by atoms with Crippen LogP contribution in [0.3, 0.4) is 0 Å². The number of thioether (sulfide) groups is 1. The molecule has 1 heterocycles. The molecule has 3 rings (SSSR count). The summed E-state index contributed by atoms with van der Waals surface area (Å²) in [7, 11) is 1.70. The second-order valence-electron chi connectivity index (χ2n) is 4.92. The van der Waals surface area contributed by atoms with Crippen molar-refractivity contribution < 1.29 is 4.74 Å². The van der Waals surface area contributed by atoms with Gasteiger partial charge in [-0.1, -0.05) is 47.7 Å². The number of ether oxygens (including phenoxy) is 1. The first-order valence-corrected chi connectivity index (χ1v) is 7.98. The van der Waals surface area contributed by atoms with Gasteiger partial charge in [-0.15, -0.1) is 10.2 Å². The maximum absolute atomic E-state index is 5.43. The summed E-state index contributed by atoms with van der Waals surface area (Å²) in [6.07, 6.45) is 1.74. The Hall–Kier alpha value is -2.27. The van der Waals surface area contributed by atoms with E-state index >= 15 is 0 Å². The Morgan fingerprint density at radius 1 is 1.14 bits per heavy atom. The lowest BCUT2D eigenvalue weighted by Gasteiger charge is -2.10. The Morgan fingerprint density at radius 2 is 1.95 bits per heavy atom. The molecule has 0 atom stereocenters. The van der Waals surface area contributed by atoms with Crippen LogP contribution in [-0.4, -0.2) is 21.9 Å². The Bertz CT molecular complexity index is 756. The van der Waals surface area contributed by atoms with Crippen LogP contribution in [0.4, 0.5) is 0 Å². The monoisotopic (exact) mass is 311 g/mol. The highest BCUT2D eigenvalue weighted by atomic mass is 32.2. The molecule has 0 amide bonds. The fraction of sp³-hybridized carbons (Fsp3) is 0.176. The highest BCUT2D eigenvalue weighted by Gasteiger charge is 2.09. The molecular weight excluding hydrogens is 294 g/mol. The molecule has 0 saturated heterocycles. The summed E-state index contributed by atoms with van der Waals surface area (Å²) in [6, 6.07) is 16.3. The molecule has 0 saturated carbocycles. The topological polar surface area (TPSA) is 39.9 Å². The van der Waals surface area contributed by atoms with E-state index < -0.39 is 0 Å². The molecule has 0 fully saturated rings. The van der Waals surface area contributed by atoms with Gasteiger partial charge in [0.05, 0.1) is 7.11 Å². The third-order valence-electron chi connectivity index (χ3n) is 3.34.